The van der Waals surface area contributed by atoms with Gasteiger partial charge in [-0.15, -0.1) is 0 Å². The van der Waals surface area contributed by atoms with Crippen molar-refractivity contribution in [2.75, 3.05) is 5.43 Å². The third-order valence-electron chi connectivity index (χ3n) is 0.903. The van der Waals surface area contributed by atoms with Crippen LogP contribution in [0, 0.1) is 11.3 Å². The van der Waals surface area contributed by atoms with Crippen LogP contribution in [0.3, 0.4) is 0 Å². The SMILES string of the molecule is N#Cc1nccc(NN)n1. The van der Waals surface area contributed by atoms with Crippen molar-refractivity contribution in [3.63, 3.8) is 0 Å². The Hall–Kier alpha value is -1.67. The van der Waals surface area contributed by atoms with Crippen LogP contribution in [0.2, 0.25) is 0 Å². The van der Waals surface area contributed by atoms with Gasteiger partial charge in [-0.2, -0.15) is 5.26 Å². The van der Waals surface area contributed by atoms with Crippen molar-refractivity contribution in [3.05, 3.63) is 18.1 Å². The van der Waals surface area contributed by atoms with Gasteiger partial charge in [-0.3, -0.25) is 0 Å². The Morgan fingerprint density at radius 2 is 2.50 bits per heavy atom. The van der Waals surface area contributed by atoms with Gasteiger partial charge in [-0.1, -0.05) is 0 Å². The van der Waals surface area contributed by atoms with Crippen LogP contribution < -0.4 is 11.3 Å². The Morgan fingerprint density at radius 3 is 3.10 bits per heavy atom. The molecule has 0 saturated carbocycles. The molecule has 0 radical (unpaired) electrons. The van der Waals surface area contributed by atoms with E-state index < -0.39 is 0 Å². The fourth-order valence-electron chi connectivity index (χ4n) is 0.493. The highest BCUT2D eigenvalue weighted by Crippen LogP contribution is 1.96. The minimum Gasteiger partial charge on any atom is -0.308 e. The third kappa shape index (κ3) is 1.18. The summed E-state index contributed by atoms with van der Waals surface area (Å²) in [7, 11) is 0. The zero-order chi connectivity index (χ0) is 7.40. The molecule has 1 heterocycles. The monoisotopic (exact) mass is 135 g/mol. The number of hydrogen-bond donors (Lipinski definition) is 2. The van der Waals surface area contributed by atoms with E-state index >= 15 is 0 Å². The van der Waals surface area contributed by atoms with E-state index in [1.807, 2.05) is 0 Å². The highest BCUT2D eigenvalue weighted by Gasteiger charge is 1.92. The first kappa shape index (κ1) is 6.45. The molecular weight excluding hydrogens is 130 g/mol. The lowest BCUT2D eigenvalue weighted by Gasteiger charge is -1.94. The summed E-state index contributed by atoms with van der Waals surface area (Å²) < 4.78 is 0. The van der Waals surface area contributed by atoms with Crippen LogP contribution in [-0.2, 0) is 0 Å². The summed E-state index contributed by atoms with van der Waals surface area (Å²) in [6.07, 6.45) is 1.46. The molecule has 1 rings (SSSR count). The van der Waals surface area contributed by atoms with E-state index in [0.717, 1.165) is 0 Å². The molecule has 0 atom stereocenters. The predicted octanol–water partition coefficient (Wildman–Crippen LogP) is -0.366. The van der Waals surface area contributed by atoms with Gasteiger partial charge in [-0.05, 0) is 0 Å². The van der Waals surface area contributed by atoms with Gasteiger partial charge in [0.1, 0.15) is 11.9 Å². The molecule has 0 bridgehead atoms. The highest BCUT2D eigenvalue weighted by atomic mass is 15.3. The molecule has 0 spiro atoms. The lowest BCUT2D eigenvalue weighted by molar-refractivity contribution is 1.09. The molecule has 1 aromatic heterocycles. The van der Waals surface area contributed by atoms with Crippen LogP contribution in [-0.4, -0.2) is 9.97 Å². The molecule has 0 amide bonds. The zero-order valence-corrected chi connectivity index (χ0v) is 5.07. The number of hydrogen-bond acceptors (Lipinski definition) is 5. The van der Waals surface area contributed by atoms with E-state index in [1.54, 1.807) is 12.1 Å². The number of nitrogen functional groups attached to an aromatic ring is 1. The number of hydrazine groups is 1. The van der Waals surface area contributed by atoms with Gasteiger partial charge < -0.3 is 5.43 Å². The van der Waals surface area contributed by atoms with Crippen molar-refractivity contribution in [3.8, 4) is 6.07 Å². The minimum atomic E-state index is 0.107. The first-order chi connectivity index (χ1) is 4.86. The van der Waals surface area contributed by atoms with Gasteiger partial charge in [0.05, 0.1) is 0 Å². The summed E-state index contributed by atoms with van der Waals surface area (Å²) in [5.41, 5.74) is 2.30. The van der Waals surface area contributed by atoms with Crippen molar-refractivity contribution in [2.45, 2.75) is 0 Å². The zero-order valence-electron chi connectivity index (χ0n) is 5.07. The molecule has 0 aliphatic heterocycles. The molecule has 50 valence electrons. The van der Waals surface area contributed by atoms with Gasteiger partial charge >= 0.3 is 0 Å². The fourth-order valence-corrected chi connectivity index (χ4v) is 0.493. The van der Waals surface area contributed by atoms with Gasteiger partial charge in [0, 0.05) is 12.3 Å². The van der Waals surface area contributed by atoms with E-state index in [9.17, 15) is 0 Å². The molecule has 0 fully saturated rings. The first-order valence-electron chi connectivity index (χ1n) is 2.56. The number of aromatic nitrogens is 2. The lowest BCUT2D eigenvalue weighted by Crippen LogP contribution is -2.09. The van der Waals surface area contributed by atoms with Crippen LogP contribution in [0.15, 0.2) is 12.3 Å². The first-order valence-corrected chi connectivity index (χ1v) is 2.56. The maximum Gasteiger partial charge on any atom is 0.234 e. The molecule has 10 heavy (non-hydrogen) atoms. The normalized spacial score (nSPS) is 8.40. The van der Waals surface area contributed by atoms with E-state index in [1.165, 1.54) is 6.20 Å². The number of anilines is 1. The van der Waals surface area contributed by atoms with Crippen LogP contribution in [0.1, 0.15) is 5.82 Å². The van der Waals surface area contributed by atoms with Crippen molar-refractivity contribution >= 4 is 5.82 Å². The Bertz CT molecular complexity index is 263. The van der Waals surface area contributed by atoms with Crippen LogP contribution in [0.4, 0.5) is 5.82 Å². The van der Waals surface area contributed by atoms with Crippen molar-refractivity contribution in [1.82, 2.24) is 9.97 Å². The largest absolute Gasteiger partial charge is 0.308 e. The lowest BCUT2D eigenvalue weighted by atomic mass is 10.5. The van der Waals surface area contributed by atoms with Crippen LogP contribution in [0.5, 0.6) is 0 Å². The molecule has 5 heteroatoms. The highest BCUT2D eigenvalue weighted by molar-refractivity contribution is 5.32. The molecule has 3 N–H and O–H groups in total. The van der Waals surface area contributed by atoms with Crippen LogP contribution in [0.25, 0.3) is 0 Å². The summed E-state index contributed by atoms with van der Waals surface area (Å²) in [5, 5.41) is 8.31. The second kappa shape index (κ2) is 2.75. The second-order valence-corrected chi connectivity index (χ2v) is 1.52. The molecule has 1 aromatic rings. The average molecular weight is 135 g/mol. The van der Waals surface area contributed by atoms with Crippen molar-refractivity contribution < 1.29 is 0 Å². The number of nitrogens with zero attached hydrogens (tertiary/aromatic N) is 3. The maximum absolute atomic E-state index is 8.31. The molecule has 0 saturated heterocycles. The van der Waals surface area contributed by atoms with Crippen LogP contribution >= 0.6 is 0 Å². The molecular formula is C5H5N5. The van der Waals surface area contributed by atoms with Gasteiger partial charge in [-0.25, -0.2) is 15.8 Å². The smallest absolute Gasteiger partial charge is 0.234 e. The summed E-state index contributed by atoms with van der Waals surface area (Å²) >= 11 is 0. The summed E-state index contributed by atoms with van der Waals surface area (Å²) in [6, 6.07) is 3.35. The number of nitriles is 1. The summed E-state index contributed by atoms with van der Waals surface area (Å²) in [5.74, 6) is 5.57. The topological polar surface area (TPSA) is 87.6 Å². The second-order valence-electron chi connectivity index (χ2n) is 1.52. The molecule has 0 aromatic carbocycles. The molecule has 5 nitrogen and oxygen atoms in total. The van der Waals surface area contributed by atoms with Crippen molar-refractivity contribution in [1.29, 1.82) is 5.26 Å². The Labute approximate surface area is 57.5 Å². The van der Waals surface area contributed by atoms with Gasteiger partial charge in [0.15, 0.2) is 0 Å². The summed E-state index contributed by atoms with van der Waals surface area (Å²) in [4.78, 5) is 7.34. The van der Waals surface area contributed by atoms with E-state index in [-0.39, 0.29) is 5.82 Å². The van der Waals surface area contributed by atoms with E-state index in [4.69, 9.17) is 11.1 Å². The van der Waals surface area contributed by atoms with Gasteiger partial charge in [0.2, 0.25) is 5.82 Å². The number of nitrogens with two attached hydrogens (primary N) is 1. The standard InChI is InChI=1S/C5H5N5/c6-3-5-8-2-1-4(9-5)10-7/h1-2H,7H2,(H,8,9,10). The van der Waals surface area contributed by atoms with E-state index in [0.29, 0.717) is 5.82 Å². The Balaban J connectivity index is 3.01. The Morgan fingerprint density at radius 1 is 1.70 bits per heavy atom. The Kier molecular flexibility index (Phi) is 1.78. The summed E-state index contributed by atoms with van der Waals surface area (Å²) in [6.45, 7) is 0. The molecule has 0 unspecified atom stereocenters. The number of nitrogens with one attached hydrogen (secondary N) is 1. The molecule has 0 aliphatic rings. The third-order valence-corrected chi connectivity index (χ3v) is 0.903. The maximum atomic E-state index is 8.31. The molecule has 0 aliphatic carbocycles. The number of rotatable bonds is 1. The van der Waals surface area contributed by atoms with Gasteiger partial charge in [0.25, 0.3) is 0 Å². The fraction of sp³-hybridized carbons (Fsp3) is 0. The van der Waals surface area contributed by atoms with Crippen molar-refractivity contribution in [2.24, 2.45) is 5.84 Å². The minimum absolute atomic E-state index is 0.107. The quantitative estimate of drug-likeness (QED) is 0.405. The average Bonchev–Trinajstić information content (AvgIpc) is 2.05. The predicted molar refractivity (Wildman–Crippen MR) is 34.6 cm³/mol. The van der Waals surface area contributed by atoms with E-state index in [2.05, 4.69) is 15.4 Å².